The molecule has 0 amide bonds. The first kappa shape index (κ1) is 18.8. The Balaban J connectivity index is 3.17. The summed E-state index contributed by atoms with van der Waals surface area (Å²) in [5, 5.41) is -0.730. The molecule has 0 unspecified atom stereocenters. The Morgan fingerprint density at radius 1 is 1.19 bits per heavy atom. The molecule has 1 aromatic carbocycles. The third-order valence-corrected chi connectivity index (χ3v) is 5.21. The third-order valence-electron chi connectivity index (χ3n) is 2.57. The van der Waals surface area contributed by atoms with Gasteiger partial charge in [-0.05, 0) is 12.5 Å². The summed E-state index contributed by atoms with van der Waals surface area (Å²) in [6, 6.07) is 0.989. The van der Waals surface area contributed by atoms with Crippen molar-refractivity contribution in [2.45, 2.75) is 31.1 Å². The van der Waals surface area contributed by atoms with E-state index in [2.05, 4.69) is 0 Å². The lowest BCUT2D eigenvalue weighted by atomic mass is 10.2. The van der Waals surface area contributed by atoms with Crippen LogP contribution in [0.25, 0.3) is 0 Å². The van der Waals surface area contributed by atoms with Gasteiger partial charge >= 0.3 is 5.97 Å². The van der Waals surface area contributed by atoms with E-state index in [0.717, 1.165) is 18.9 Å². The smallest absolute Gasteiger partial charge is 0.341 e. The first-order chi connectivity index (χ1) is 9.70. The summed E-state index contributed by atoms with van der Waals surface area (Å²) in [5.41, 5.74) is -0.304. The lowest BCUT2D eigenvalue weighted by molar-refractivity contribution is 0.0498. The molecule has 0 aromatic heterocycles. The summed E-state index contributed by atoms with van der Waals surface area (Å²) in [6.07, 6.45) is 2.54. The fourth-order valence-electron chi connectivity index (χ4n) is 1.53. The summed E-state index contributed by atoms with van der Waals surface area (Å²) >= 11 is 17.6. The molecule has 0 heterocycles. The van der Waals surface area contributed by atoms with E-state index in [1.165, 1.54) is 0 Å². The van der Waals surface area contributed by atoms with E-state index in [1.54, 1.807) is 0 Å². The molecule has 0 spiro atoms. The summed E-state index contributed by atoms with van der Waals surface area (Å²) in [6.45, 7) is 2.18. The quantitative estimate of drug-likeness (QED) is 0.298. The zero-order valence-corrected chi connectivity index (χ0v) is 14.8. The Kier molecular flexibility index (Phi) is 7.07. The predicted molar refractivity (Wildman–Crippen MR) is 84.3 cm³/mol. The van der Waals surface area contributed by atoms with Crippen LogP contribution in [0.3, 0.4) is 0 Å². The van der Waals surface area contributed by atoms with Crippen molar-refractivity contribution in [3.8, 4) is 0 Å². The van der Waals surface area contributed by atoms with Gasteiger partial charge in [0, 0.05) is 10.7 Å². The maximum absolute atomic E-state index is 12.0. The molecule has 4 nitrogen and oxygen atoms in total. The van der Waals surface area contributed by atoms with Gasteiger partial charge in [0.05, 0.1) is 27.2 Å². The van der Waals surface area contributed by atoms with Crippen molar-refractivity contribution in [1.82, 2.24) is 0 Å². The van der Waals surface area contributed by atoms with Gasteiger partial charge in [0.15, 0.2) is 0 Å². The van der Waals surface area contributed by atoms with E-state index in [0.29, 0.717) is 6.42 Å². The second-order valence-electron chi connectivity index (χ2n) is 4.14. The molecule has 0 fully saturated rings. The topological polar surface area (TPSA) is 60.4 Å². The Morgan fingerprint density at radius 2 is 1.81 bits per heavy atom. The van der Waals surface area contributed by atoms with Gasteiger partial charge in [0.1, 0.15) is 4.90 Å². The monoisotopic (exact) mass is 392 g/mol. The van der Waals surface area contributed by atoms with Crippen molar-refractivity contribution in [1.29, 1.82) is 0 Å². The molecule has 1 rings (SSSR count). The molecule has 118 valence electrons. The van der Waals surface area contributed by atoms with Crippen LogP contribution in [-0.4, -0.2) is 21.0 Å². The zero-order valence-electron chi connectivity index (χ0n) is 11.0. The Bertz CT molecular complexity index is 643. The van der Waals surface area contributed by atoms with Gasteiger partial charge in [0.2, 0.25) is 0 Å². The van der Waals surface area contributed by atoms with Gasteiger partial charge in [-0.15, -0.1) is 0 Å². The molecule has 0 atom stereocenters. The third kappa shape index (κ3) is 4.89. The van der Waals surface area contributed by atoms with Crippen LogP contribution in [0.1, 0.15) is 36.5 Å². The molecule has 0 aliphatic heterocycles. The maximum Gasteiger partial charge on any atom is 0.341 e. The van der Waals surface area contributed by atoms with Gasteiger partial charge in [-0.2, -0.15) is 0 Å². The van der Waals surface area contributed by atoms with Crippen molar-refractivity contribution in [3.05, 3.63) is 26.7 Å². The summed E-state index contributed by atoms with van der Waals surface area (Å²) in [4.78, 5) is 11.5. The lowest BCUT2D eigenvalue weighted by Crippen LogP contribution is -2.10. The number of benzene rings is 1. The first-order valence-electron chi connectivity index (χ1n) is 5.99. The van der Waals surface area contributed by atoms with E-state index < -0.39 is 24.9 Å². The first-order valence-corrected chi connectivity index (χ1v) is 9.43. The molecule has 0 bridgehead atoms. The number of carbonyl (C=O) groups excluding carboxylic acids is 1. The minimum atomic E-state index is -4.17. The van der Waals surface area contributed by atoms with Crippen LogP contribution in [0, 0.1) is 0 Å². The molecular formula is C12H12Cl4O4S. The van der Waals surface area contributed by atoms with Crippen LogP contribution < -0.4 is 0 Å². The highest BCUT2D eigenvalue weighted by Gasteiger charge is 2.27. The highest BCUT2D eigenvalue weighted by atomic mass is 35.7. The van der Waals surface area contributed by atoms with Crippen LogP contribution >= 0.6 is 45.5 Å². The molecule has 0 N–H and O–H groups in total. The number of ether oxygens (including phenoxy) is 1. The van der Waals surface area contributed by atoms with Gasteiger partial charge in [-0.1, -0.05) is 54.6 Å². The van der Waals surface area contributed by atoms with E-state index in [1.807, 2.05) is 6.92 Å². The number of esters is 1. The molecule has 1 aromatic rings. The molecule has 0 radical (unpaired) electrons. The highest BCUT2D eigenvalue weighted by molar-refractivity contribution is 8.13. The van der Waals surface area contributed by atoms with Crippen molar-refractivity contribution < 1.29 is 17.9 Å². The van der Waals surface area contributed by atoms with E-state index in [-0.39, 0.29) is 22.2 Å². The van der Waals surface area contributed by atoms with Gasteiger partial charge in [-0.25, -0.2) is 13.2 Å². The number of hydrogen-bond donors (Lipinski definition) is 0. The SMILES string of the molecule is CCCCCOC(=O)c1c(Cl)c(Cl)cc(S(=O)(=O)Cl)c1Cl. The van der Waals surface area contributed by atoms with Crippen LogP contribution in [0.4, 0.5) is 0 Å². The Labute approximate surface area is 142 Å². The fraction of sp³-hybridized carbons (Fsp3) is 0.417. The van der Waals surface area contributed by atoms with Crippen molar-refractivity contribution in [2.24, 2.45) is 0 Å². The Morgan fingerprint density at radius 3 is 2.33 bits per heavy atom. The number of halogens is 4. The van der Waals surface area contributed by atoms with Gasteiger partial charge in [-0.3, -0.25) is 0 Å². The summed E-state index contributed by atoms with van der Waals surface area (Å²) in [7, 11) is 1.08. The van der Waals surface area contributed by atoms with Crippen LogP contribution in [0.2, 0.25) is 15.1 Å². The van der Waals surface area contributed by atoms with E-state index in [9.17, 15) is 13.2 Å². The number of hydrogen-bond acceptors (Lipinski definition) is 4. The van der Waals surface area contributed by atoms with Gasteiger partial charge in [0.25, 0.3) is 9.05 Å². The van der Waals surface area contributed by atoms with Crippen molar-refractivity contribution >= 4 is 60.5 Å². The predicted octanol–water partition coefficient (Wildman–Crippen LogP) is 4.92. The average molecular weight is 394 g/mol. The van der Waals surface area contributed by atoms with Crippen LogP contribution in [-0.2, 0) is 13.8 Å². The van der Waals surface area contributed by atoms with Gasteiger partial charge < -0.3 is 4.74 Å². The summed E-state index contributed by atoms with van der Waals surface area (Å²) in [5.74, 6) is -0.842. The number of rotatable bonds is 6. The van der Waals surface area contributed by atoms with Crippen molar-refractivity contribution in [2.75, 3.05) is 6.61 Å². The molecule has 0 saturated carbocycles. The minimum absolute atomic E-state index is 0.152. The molecule has 0 aliphatic carbocycles. The van der Waals surface area contributed by atoms with Crippen LogP contribution in [0.15, 0.2) is 11.0 Å². The molecule has 0 aliphatic rings. The number of carbonyl (C=O) groups is 1. The normalized spacial score (nSPS) is 11.5. The molecular weight excluding hydrogens is 382 g/mol. The zero-order chi connectivity index (χ0) is 16.2. The Hall–Kier alpha value is -0.200. The standard InChI is InChI=1S/C12H12Cl4O4S/c1-2-3-4-5-20-12(17)9-10(14)7(13)6-8(11(9)15)21(16,18)19/h6H,2-5H2,1H3. The van der Waals surface area contributed by atoms with Crippen molar-refractivity contribution in [3.63, 3.8) is 0 Å². The summed E-state index contributed by atoms with van der Waals surface area (Å²) < 4.78 is 27.8. The largest absolute Gasteiger partial charge is 0.462 e. The van der Waals surface area contributed by atoms with E-state index >= 15 is 0 Å². The lowest BCUT2D eigenvalue weighted by Gasteiger charge is -2.11. The molecule has 0 saturated heterocycles. The average Bonchev–Trinajstić information content (AvgIpc) is 2.38. The molecule has 9 heteroatoms. The molecule has 21 heavy (non-hydrogen) atoms. The number of unbranched alkanes of at least 4 members (excludes halogenated alkanes) is 2. The second-order valence-corrected chi connectivity index (χ2v) is 7.84. The fourth-order valence-corrected chi connectivity index (χ4v) is 3.66. The minimum Gasteiger partial charge on any atom is -0.462 e. The van der Waals surface area contributed by atoms with E-state index in [4.69, 9.17) is 50.2 Å². The second kappa shape index (κ2) is 7.88. The highest BCUT2D eigenvalue weighted by Crippen LogP contribution is 2.38. The van der Waals surface area contributed by atoms with Crippen LogP contribution in [0.5, 0.6) is 0 Å². The maximum atomic E-state index is 12.0.